The summed E-state index contributed by atoms with van der Waals surface area (Å²) in [5.41, 5.74) is 1.02. The summed E-state index contributed by atoms with van der Waals surface area (Å²) in [6.07, 6.45) is 4.49. The third-order valence-electron chi connectivity index (χ3n) is 3.27. The van der Waals surface area contributed by atoms with Gasteiger partial charge >= 0.3 is 0 Å². The zero-order valence-electron chi connectivity index (χ0n) is 11.8. The van der Waals surface area contributed by atoms with E-state index in [9.17, 15) is 5.11 Å². The minimum Gasteiger partial charge on any atom is -0.387 e. The fraction of sp³-hybridized carbons (Fsp3) is 0.625. The molecule has 0 unspecified atom stereocenters. The van der Waals surface area contributed by atoms with Crippen LogP contribution in [0.15, 0.2) is 30.3 Å². The SMILES string of the molecule is CCCCN(CCCC)C[C@@H](O)c1ccccc1. The van der Waals surface area contributed by atoms with Crippen molar-refractivity contribution in [3.8, 4) is 0 Å². The average molecular weight is 249 g/mol. The van der Waals surface area contributed by atoms with Gasteiger partial charge in [-0.15, -0.1) is 0 Å². The molecule has 0 saturated heterocycles. The molecular weight excluding hydrogens is 222 g/mol. The number of hydrogen-bond donors (Lipinski definition) is 1. The maximum absolute atomic E-state index is 10.2. The third kappa shape index (κ3) is 5.65. The topological polar surface area (TPSA) is 23.5 Å². The molecule has 1 aromatic carbocycles. The van der Waals surface area contributed by atoms with E-state index in [0.29, 0.717) is 0 Å². The number of nitrogens with zero attached hydrogens (tertiary/aromatic N) is 1. The number of aliphatic hydroxyl groups excluding tert-OH is 1. The van der Waals surface area contributed by atoms with Crippen molar-refractivity contribution in [1.82, 2.24) is 4.90 Å². The van der Waals surface area contributed by atoms with E-state index in [0.717, 1.165) is 25.2 Å². The van der Waals surface area contributed by atoms with Crippen LogP contribution in [0.2, 0.25) is 0 Å². The first-order valence-corrected chi connectivity index (χ1v) is 7.23. The van der Waals surface area contributed by atoms with Gasteiger partial charge in [-0.25, -0.2) is 0 Å². The molecule has 0 amide bonds. The van der Waals surface area contributed by atoms with Crippen molar-refractivity contribution in [2.24, 2.45) is 0 Å². The molecule has 0 heterocycles. The van der Waals surface area contributed by atoms with Gasteiger partial charge < -0.3 is 10.0 Å². The molecule has 2 nitrogen and oxygen atoms in total. The summed E-state index contributed by atoms with van der Waals surface area (Å²) in [4.78, 5) is 2.39. The van der Waals surface area contributed by atoms with Gasteiger partial charge in [-0.05, 0) is 31.5 Å². The van der Waals surface area contributed by atoms with Crippen molar-refractivity contribution in [3.05, 3.63) is 35.9 Å². The molecule has 0 aromatic heterocycles. The van der Waals surface area contributed by atoms with Crippen molar-refractivity contribution < 1.29 is 5.11 Å². The second-order valence-electron chi connectivity index (χ2n) is 4.93. The molecule has 0 aliphatic rings. The predicted molar refractivity (Wildman–Crippen MR) is 77.7 cm³/mol. The molecule has 1 rings (SSSR count). The highest BCUT2D eigenvalue weighted by molar-refractivity contribution is 5.17. The molecule has 18 heavy (non-hydrogen) atoms. The Balaban J connectivity index is 2.47. The van der Waals surface area contributed by atoms with Gasteiger partial charge in [-0.2, -0.15) is 0 Å². The van der Waals surface area contributed by atoms with Gasteiger partial charge in [0.25, 0.3) is 0 Å². The quantitative estimate of drug-likeness (QED) is 0.722. The van der Waals surface area contributed by atoms with Gasteiger partial charge in [0.15, 0.2) is 0 Å². The lowest BCUT2D eigenvalue weighted by molar-refractivity contribution is 0.111. The van der Waals surface area contributed by atoms with Crippen LogP contribution in [0.25, 0.3) is 0 Å². The Morgan fingerprint density at radius 2 is 1.56 bits per heavy atom. The Hall–Kier alpha value is -0.860. The van der Waals surface area contributed by atoms with Gasteiger partial charge in [0.05, 0.1) is 6.10 Å². The molecule has 0 aliphatic heterocycles. The van der Waals surface area contributed by atoms with E-state index in [1.807, 2.05) is 30.3 Å². The normalized spacial score (nSPS) is 12.9. The number of unbranched alkanes of at least 4 members (excludes halogenated alkanes) is 2. The van der Waals surface area contributed by atoms with Crippen LogP contribution in [-0.2, 0) is 0 Å². The van der Waals surface area contributed by atoms with Crippen molar-refractivity contribution in [2.75, 3.05) is 19.6 Å². The molecule has 0 fully saturated rings. The highest BCUT2D eigenvalue weighted by Crippen LogP contribution is 2.14. The van der Waals surface area contributed by atoms with E-state index in [1.165, 1.54) is 25.7 Å². The van der Waals surface area contributed by atoms with Gasteiger partial charge in [-0.3, -0.25) is 0 Å². The second kappa shape index (κ2) is 9.12. The molecule has 0 spiro atoms. The minimum atomic E-state index is -0.361. The Labute approximate surface area is 112 Å². The molecule has 0 aliphatic carbocycles. The van der Waals surface area contributed by atoms with E-state index < -0.39 is 0 Å². The summed E-state index contributed by atoms with van der Waals surface area (Å²) >= 11 is 0. The van der Waals surface area contributed by atoms with Gasteiger partial charge in [0.2, 0.25) is 0 Å². The Morgan fingerprint density at radius 1 is 1.00 bits per heavy atom. The number of hydrogen-bond acceptors (Lipinski definition) is 2. The Kier molecular flexibility index (Phi) is 7.70. The minimum absolute atomic E-state index is 0.361. The second-order valence-corrected chi connectivity index (χ2v) is 4.93. The zero-order chi connectivity index (χ0) is 13.2. The largest absolute Gasteiger partial charge is 0.387 e. The van der Waals surface area contributed by atoms with E-state index in [1.54, 1.807) is 0 Å². The average Bonchev–Trinajstić information content (AvgIpc) is 2.42. The zero-order valence-corrected chi connectivity index (χ0v) is 11.8. The van der Waals surface area contributed by atoms with Crippen LogP contribution in [0.5, 0.6) is 0 Å². The van der Waals surface area contributed by atoms with Gasteiger partial charge in [0.1, 0.15) is 0 Å². The highest BCUT2D eigenvalue weighted by atomic mass is 16.3. The van der Waals surface area contributed by atoms with Gasteiger partial charge in [0, 0.05) is 6.54 Å². The number of benzene rings is 1. The summed E-state index contributed by atoms with van der Waals surface area (Å²) < 4.78 is 0. The molecule has 0 radical (unpaired) electrons. The van der Waals surface area contributed by atoms with E-state index >= 15 is 0 Å². The van der Waals surface area contributed by atoms with Crippen molar-refractivity contribution in [2.45, 2.75) is 45.6 Å². The lowest BCUT2D eigenvalue weighted by atomic mass is 10.1. The van der Waals surface area contributed by atoms with E-state index in [4.69, 9.17) is 0 Å². The summed E-state index contributed by atoms with van der Waals surface area (Å²) in [5, 5.41) is 10.2. The number of rotatable bonds is 9. The van der Waals surface area contributed by atoms with Crippen LogP contribution in [0, 0.1) is 0 Å². The highest BCUT2D eigenvalue weighted by Gasteiger charge is 2.12. The lowest BCUT2D eigenvalue weighted by Crippen LogP contribution is -2.30. The molecular formula is C16H27NO. The molecule has 0 bridgehead atoms. The standard InChI is InChI=1S/C16H27NO/c1-3-5-12-17(13-6-4-2)14-16(18)15-10-8-7-9-11-15/h7-11,16,18H,3-6,12-14H2,1-2H3/t16-/m1/s1. The number of aliphatic hydroxyl groups is 1. The Bertz CT molecular complexity index is 291. The maximum Gasteiger partial charge on any atom is 0.0916 e. The molecule has 1 atom stereocenters. The van der Waals surface area contributed by atoms with Crippen molar-refractivity contribution in [1.29, 1.82) is 0 Å². The third-order valence-corrected chi connectivity index (χ3v) is 3.27. The Morgan fingerprint density at radius 3 is 2.06 bits per heavy atom. The van der Waals surface area contributed by atoms with Crippen LogP contribution in [0.3, 0.4) is 0 Å². The van der Waals surface area contributed by atoms with Crippen molar-refractivity contribution >= 4 is 0 Å². The van der Waals surface area contributed by atoms with Crippen LogP contribution < -0.4 is 0 Å². The molecule has 0 saturated carbocycles. The van der Waals surface area contributed by atoms with Crippen molar-refractivity contribution in [3.63, 3.8) is 0 Å². The van der Waals surface area contributed by atoms with E-state index in [2.05, 4.69) is 18.7 Å². The smallest absolute Gasteiger partial charge is 0.0916 e. The van der Waals surface area contributed by atoms with Crippen LogP contribution in [0.4, 0.5) is 0 Å². The maximum atomic E-state index is 10.2. The first-order valence-electron chi connectivity index (χ1n) is 7.23. The summed E-state index contributed by atoms with van der Waals surface area (Å²) in [5.74, 6) is 0. The summed E-state index contributed by atoms with van der Waals surface area (Å²) in [7, 11) is 0. The van der Waals surface area contributed by atoms with E-state index in [-0.39, 0.29) is 6.10 Å². The molecule has 102 valence electrons. The van der Waals surface area contributed by atoms with Crippen LogP contribution in [-0.4, -0.2) is 29.6 Å². The molecule has 1 aromatic rings. The summed E-state index contributed by atoms with van der Waals surface area (Å²) in [6.45, 7) is 7.38. The lowest BCUT2D eigenvalue weighted by Gasteiger charge is -2.25. The van der Waals surface area contributed by atoms with Gasteiger partial charge in [-0.1, -0.05) is 57.0 Å². The van der Waals surface area contributed by atoms with Crippen LogP contribution in [0.1, 0.15) is 51.2 Å². The predicted octanol–water partition coefficient (Wildman–Crippen LogP) is 3.62. The molecule has 2 heteroatoms. The molecule has 1 N–H and O–H groups in total. The summed E-state index contributed by atoms with van der Waals surface area (Å²) in [6, 6.07) is 9.97. The van der Waals surface area contributed by atoms with Crippen LogP contribution >= 0.6 is 0 Å². The first kappa shape index (κ1) is 15.2. The monoisotopic (exact) mass is 249 g/mol. The fourth-order valence-electron chi connectivity index (χ4n) is 2.08. The first-order chi connectivity index (χ1) is 8.77. The fourth-order valence-corrected chi connectivity index (χ4v) is 2.08.